The molecule has 4 N–H and O–H groups in total. The molecule has 15 heavy (non-hydrogen) atoms. The van der Waals surface area contributed by atoms with Crippen molar-refractivity contribution in [2.24, 2.45) is 5.90 Å². The Labute approximate surface area is 85.4 Å². The summed E-state index contributed by atoms with van der Waals surface area (Å²) in [6, 6.07) is 2.92. The summed E-state index contributed by atoms with van der Waals surface area (Å²) in [5.41, 5.74) is 4.60. The first kappa shape index (κ1) is 11.5. The Balaban J connectivity index is 3.31. The number of benzene rings is 1. The van der Waals surface area contributed by atoms with Gasteiger partial charge in [0.25, 0.3) is 5.69 Å². The van der Waals surface area contributed by atoms with Crippen LogP contribution in [0.1, 0.15) is 0 Å². The first-order chi connectivity index (χ1) is 6.88. The number of hydrogen-bond acceptors (Lipinski definition) is 6. The van der Waals surface area contributed by atoms with Crippen LogP contribution in [0.5, 0.6) is 0 Å². The van der Waals surface area contributed by atoms with E-state index in [-0.39, 0.29) is 5.69 Å². The quantitative estimate of drug-likeness (QED) is 0.330. The molecule has 0 saturated carbocycles. The molecule has 0 saturated heterocycles. The van der Waals surface area contributed by atoms with Crippen LogP contribution in [0.25, 0.3) is 0 Å². The van der Waals surface area contributed by atoms with E-state index >= 15 is 0 Å². The Kier molecular flexibility index (Phi) is 3.00. The second-order valence-corrected chi connectivity index (χ2v) is 4.10. The number of anilines is 1. The summed E-state index contributed by atoms with van der Waals surface area (Å²) in [7, 11) is -4.15. The van der Waals surface area contributed by atoms with Crippen LogP contribution < -0.4 is 11.6 Å². The molecule has 0 aliphatic rings. The number of nitro benzene ring substituents is 1. The van der Waals surface area contributed by atoms with Crippen LogP contribution in [0.2, 0.25) is 0 Å². The van der Waals surface area contributed by atoms with Crippen LogP contribution in [0.15, 0.2) is 23.1 Å². The van der Waals surface area contributed by atoms with Crippen molar-refractivity contribution in [1.82, 2.24) is 0 Å². The summed E-state index contributed by atoms with van der Waals surface area (Å²) in [5.74, 6) is 4.51. The Hall–Kier alpha value is -1.55. The first-order valence-corrected chi connectivity index (χ1v) is 4.96. The Bertz CT molecular complexity index is 448. The molecule has 1 atom stereocenters. The second-order valence-electron chi connectivity index (χ2n) is 2.53. The molecule has 0 amide bonds. The monoisotopic (exact) mass is 233 g/mol. The normalized spacial score (nSPS) is 14.5. The fourth-order valence-electron chi connectivity index (χ4n) is 0.893. The van der Waals surface area contributed by atoms with Crippen LogP contribution in [0.4, 0.5) is 11.4 Å². The van der Waals surface area contributed by atoms with Crippen molar-refractivity contribution < 1.29 is 18.0 Å². The van der Waals surface area contributed by atoms with E-state index in [9.17, 15) is 18.9 Å². The van der Waals surface area contributed by atoms with E-state index in [0.717, 1.165) is 18.2 Å². The van der Waals surface area contributed by atoms with Crippen molar-refractivity contribution in [1.29, 1.82) is 0 Å². The van der Waals surface area contributed by atoms with Crippen LogP contribution in [-0.2, 0) is 23.5 Å². The van der Waals surface area contributed by atoms with Crippen LogP contribution >= 0.6 is 0 Å². The van der Waals surface area contributed by atoms with Gasteiger partial charge in [0.2, 0.25) is 4.90 Å². The van der Waals surface area contributed by atoms with Crippen LogP contribution in [0, 0.1) is 10.1 Å². The van der Waals surface area contributed by atoms with E-state index in [0.29, 0.717) is 0 Å². The number of rotatable bonds is 3. The molecule has 0 spiro atoms. The fraction of sp³-hybridized carbons (Fsp3) is 0. The third-order valence-corrected chi connectivity index (χ3v) is 2.70. The number of nitrogens with zero attached hydrogens (tertiary/aromatic N) is 1. The van der Waals surface area contributed by atoms with Gasteiger partial charge in [-0.3, -0.25) is 10.1 Å². The standard InChI is InChI=1S/C6H7N3O5S/c7-5-2-1-4(15(12,13)14-8)3-6(5)9(10)11/h1-3H,7-8H2/q+1. The van der Waals surface area contributed by atoms with E-state index in [2.05, 4.69) is 10.2 Å². The maximum Gasteiger partial charge on any atom is 0.447 e. The molecular formula is C6H7N3O5S+. The van der Waals surface area contributed by atoms with Gasteiger partial charge in [0, 0.05) is 6.07 Å². The predicted molar refractivity (Wildman–Crippen MR) is 49.8 cm³/mol. The highest BCUT2D eigenvalue weighted by molar-refractivity contribution is 7.92. The zero-order valence-electron chi connectivity index (χ0n) is 7.28. The largest absolute Gasteiger partial charge is 0.447 e. The van der Waals surface area contributed by atoms with E-state index in [1.54, 1.807) is 0 Å². The van der Waals surface area contributed by atoms with Gasteiger partial charge in [0.05, 0.1) is 15.5 Å². The topological polar surface area (TPSA) is 141 Å². The average Bonchev–Trinajstić information content (AvgIpc) is 2.17. The Morgan fingerprint density at radius 1 is 1.47 bits per heavy atom. The number of nitro groups is 1. The van der Waals surface area contributed by atoms with Gasteiger partial charge in [-0.2, -0.15) is 5.90 Å². The van der Waals surface area contributed by atoms with Crippen molar-refractivity contribution in [3.8, 4) is 0 Å². The zero-order valence-corrected chi connectivity index (χ0v) is 8.10. The maximum atomic E-state index is 11.1. The molecule has 0 bridgehead atoms. The maximum absolute atomic E-state index is 11.1. The van der Waals surface area contributed by atoms with Crippen molar-refractivity contribution in [3.63, 3.8) is 0 Å². The lowest BCUT2D eigenvalue weighted by atomic mass is 10.3. The van der Waals surface area contributed by atoms with Gasteiger partial charge >= 0.3 is 10.5 Å². The van der Waals surface area contributed by atoms with Gasteiger partial charge in [0.1, 0.15) is 5.69 Å². The second kappa shape index (κ2) is 3.90. The minimum Gasteiger partial charge on any atom is -0.393 e. The molecule has 81 valence electrons. The summed E-state index contributed by atoms with van der Waals surface area (Å²) >= 11 is 0. The molecular weight excluding hydrogens is 226 g/mol. The SMILES string of the molecule is NO[S+]([O])(=O)c1ccc(N)c([N+](=O)[O-])c1. The highest BCUT2D eigenvalue weighted by Crippen LogP contribution is 2.27. The minimum atomic E-state index is -4.15. The lowest BCUT2D eigenvalue weighted by molar-refractivity contribution is -0.384. The van der Waals surface area contributed by atoms with Gasteiger partial charge in [-0.05, 0) is 14.6 Å². The van der Waals surface area contributed by atoms with Gasteiger partial charge in [-0.25, -0.2) is 0 Å². The molecule has 1 aromatic carbocycles. The molecule has 0 aliphatic heterocycles. The summed E-state index contributed by atoms with van der Waals surface area (Å²) < 4.78 is 25.9. The number of hydrogen-bond donors (Lipinski definition) is 2. The molecule has 1 aromatic rings. The summed E-state index contributed by atoms with van der Waals surface area (Å²) in [4.78, 5) is 9.22. The van der Waals surface area contributed by atoms with Gasteiger partial charge in [-0.1, -0.05) is 0 Å². The molecule has 0 heterocycles. The van der Waals surface area contributed by atoms with Gasteiger partial charge in [-0.15, -0.1) is 0 Å². The number of nitrogens with two attached hydrogens (primary N) is 2. The van der Waals surface area contributed by atoms with Crippen molar-refractivity contribution in [2.75, 3.05) is 5.73 Å². The van der Waals surface area contributed by atoms with E-state index in [4.69, 9.17) is 5.73 Å². The van der Waals surface area contributed by atoms with Gasteiger partial charge < -0.3 is 5.73 Å². The van der Waals surface area contributed by atoms with E-state index in [1.807, 2.05) is 0 Å². The van der Waals surface area contributed by atoms with Crippen LogP contribution in [0.3, 0.4) is 0 Å². The minimum absolute atomic E-state index is 0.143. The van der Waals surface area contributed by atoms with Crippen LogP contribution in [-0.4, -0.2) is 4.92 Å². The highest BCUT2D eigenvalue weighted by Gasteiger charge is 2.36. The summed E-state index contributed by atoms with van der Waals surface area (Å²) in [6.07, 6.45) is 0. The molecule has 1 unspecified atom stereocenters. The molecule has 0 aromatic heterocycles. The predicted octanol–water partition coefficient (Wildman–Crippen LogP) is 0.186. The third-order valence-electron chi connectivity index (χ3n) is 1.61. The molecule has 8 nitrogen and oxygen atoms in total. The average molecular weight is 233 g/mol. The van der Waals surface area contributed by atoms with E-state index in [1.165, 1.54) is 0 Å². The molecule has 1 rings (SSSR count). The molecule has 0 aliphatic carbocycles. The van der Waals surface area contributed by atoms with Crippen molar-refractivity contribution in [3.05, 3.63) is 28.3 Å². The fourth-order valence-corrected chi connectivity index (χ4v) is 1.49. The molecule has 1 radical (unpaired) electrons. The zero-order chi connectivity index (χ0) is 11.6. The Morgan fingerprint density at radius 3 is 2.53 bits per heavy atom. The molecule has 0 fully saturated rings. The summed E-state index contributed by atoms with van der Waals surface area (Å²) in [6.45, 7) is 0. The first-order valence-electron chi connectivity index (χ1n) is 3.56. The summed E-state index contributed by atoms with van der Waals surface area (Å²) in [5, 5.41) is 10.4. The van der Waals surface area contributed by atoms with Crippen molar-refractivity contribution in [2.45, 2.75) is 4.90 Å². The van der Waals surface area contributed by atoms with Crippen molar-refractivity contribution >= 4 is 21.9 Å². The van der Waals surface area contributed by atoms with Gasteiger partial charge in [0.15, 0.2) is 0 Å². The lowest BCUT2D eigenvalue weighted by Crippen LogP contribution is -2.17. The Morgan fingerprint density at radius 2 is 2.07 bits per heavy atom. The van der Waals surface area contributed by atoms with E-state index < -0.39 is 26.0 Å². The molecule has 9 heteroatoms. The third kappa shape index (κ3) is 2.27. The lowest BCUT2D eigenvalue weighted by Gasteiger charge is -1.98. The highest BCUT2D eigenvalue weighted by atomic mass is 32.3. The smallest absolute Gasteiger partial charge is 0.393 e. The number of nitrogen functional groups attached to an aromatic ring is 1.